The fourth-order valence-corrected chi connectivity index (χ4v) is 6.13. The fraction of sp³-hybridized carbons (Fsp3) is 0.567. The molecule has 5 rings (SSSR count). The third-order valence-corrected chi connectivity index (χ3v) is 8.31. The van der Waals surface area contributed by atoms with Gasteiger partial charge in [0.25, 0.3) is 0 Å². The van der Waals surface area contributed by atoms with Crippen LogP contribution in [0.25, 0.3) is 0 Å². The molecule has 1 aromatic carbocycles. The molecule has 0 amide bonds. The van der Waals surface area contributed by atoms with Crippen LogP contribution in [0.2, 0.25) is 0 Å². The molecule has 3 aromatic rings. The van der Waals surface area contributed by atoms with E-state index in [9.17, 15) is 13.2 Å². The van der Waals surface area contributed by atoms with E-state index in [1.54, 1.807) is 12.5 Å². The molecule has 1 atom stereocenters. The van der Waals surface area contributed by atoms with E-state index < -0.39 is 11.7 Å². The van der Waals surface area contributed by atoms with Crippen molar-refractivity contribution >= 4 is 5.69 Å². The molecule has 2 fully saturated rings. The van der Waals surface area contributed by atoms with Gasteiger partial charge in [-0.15, -0.1) is 10.2 Å². The van der Waals surface area contributed by atoms with Gasteiger partial charge in [-0.05, 0) is 79.8 Å². The Labute approximate surface area is 229 Å². The number of likely N-dealkylation sites (tertiary alicyclic amines) is 1. The summed E-state index contributed by atoms with van der Waals surface area (Å²) in [5.74, 6) is 1.56. The van der Waals surface area contributed by atoms with Gasteiger partial charge in [0.1, 0.15) is 12.2 Å². The highest BCUT2D eigenvalue weighted by Crippen LogP contribution is 2.43. The zero-order chi connectivity index (χ0) is 27.6. The molecule has 0 radical (unpaired) electrons. The van der Waals surface area contributed by atoms with Crippen molar-refractivity contribution in [1.82, 2.24) is 24.6 Å². The van der Waals surface area contributed by atoms with E-state index in [-0.39, 0.29) is 23.6 Å². The summed E-state index contributed by atoms with van der Waals surface area (Å²) >= 11 is 0. The number of benzene rings is 1. The average molecular weight is 541 g/mol. The smallest absolute Gasteiger partial charge is 0.379 e. The lowest BCUT2D eigenvalue weighted by Gasteiger charge is -2.38. The highest BCUT2D eigenvalue weighted by Gasteiger charge is 2.35. The minimum Gasteiger partial charge on any atom is -0.379 e. The lowest BCUT2D eigenvalue weighted by molar-refractivity contribution is -0.138. The fourth-order valence-electron chi connectivity index (χ4n) is 6.13. The van der Waals surface area contributed by atoms with E-state index in [4.69, 9.17) is 0 Å². The molecule has 1 aliphatic heterocycles. The summed E-state index contributed by atoms with van der Waals surface area (Å²) in [6.07, 6.45) is 4.59. The Morgan fingerprint density at radius 1 is 1.15 bits per heavy atom. The molecule has 39 heavy (non-hydrogen) atoms. The number of rotatable bonds is 9. The Kier molecular flexibility index (Phi) is 7.99. The van der Waals surface area contributed by atoms with E-state index >= 15 is 0 Å². The third-order valence-electron chi connectivity index (χ3n) is 8.31. The normalized spacial score (nSPS) is 19.0. The zero-order valence-corrected chi connectivity index (χ0v) is 23.1. The van der Waals surface area contributed by atoms with Crippen LogP contribution in [0.3, 0.4) is 0 Å². The summed E-state index contributed by atoms with van der Waals surface area (Å²) in [6, 6.07) is 9.26. The summed E-state index contributed by atoms with van der Waals surface area (Å²) in [4.78, 5) is 6.54. The quantitative estimate of drug-likeness (QED) is 0.321. The van der Waals surface area contributed by atoms with Gasteiger partial charge < -0.3 is 9.88 Å². The number of nitrogens with one attached hydrogen (secondary N) is 1. The van der Waals surface area contributed by atoms with Crippen LogP contribution in [0, 0.1) is 11.3 Å². The maximum Gasteiger partial charge on any atom is 0.418 e. The molecular formula is C30H39F3N6. The molecule has 2 aliphatic rings. The van der Waals surface area contributed by atoms with Crippen LogP contribution in [-0.2, 0) is 25.8 Å². The van der Waals surface area contributed by atoms with E-state index in [2.05, 4.69) is 56.8 Å². The first-order valence-electron chi connectivity index (χ1n) is 14.1. The Bertz CT molecular complexity index is 1260. The number of hydrogen-bond acceptors (Lipinski definition) is 5. The maximum absolute atomic E-state index is 14.1. The number of aryl methyl sites for hydroxylation is 1. The molecule has 1 unspecified atom stereocenters. The Balaban J connectivity index is 1.33. The van der Waals surface area contributed by atoms with Crippen molar-refractivity contribution in [3.8, 4) is 0 Å². The first-order chi connectivity index (χ1) is 18.6. The predicted molar refractivity (Wildman–Crippen MR) is 146 cm³/mol. The van der Waals surface area contributed by atoms with Crippen LogP contribution in [0.5, 0.6) is 0 Å². The highest BCUT2D eigenvalue weighted by atomic mass is 19.4. The zero-order valence-electron chi connectivity index (χ0n) is 23.1. The average Bonchev–Trinajstić information content (AvgIpc) is 3.32. The van der Waals surface area contributed by atoms with Gasteiger partial charge in [-0.2, -0.15) is 13.2 Å². The van der Waals surface area contributed by atoms with Crippen LogP contribution in [0.4, 0.5) is 18.9 Å². The SMILES string of the molecule is CCn1cnnc1C(c1cccc(NCc2ncc(CN3CCCC(C)(C)C3)cc2C(F)(F)F)c1)C1CCC1. The van der Waals surface area contributed by atoms with Gasteiger partial charge in [0.05, 0.1) is 17.8 Å². The lowest BCUT2D eigenvalue weighted by Crippen LogP contribution is -2.39. The van der Waals surface area contributed by atoms with E-state index in [1.165, 1.54) is 12.5 Å². The monoisotopic (exact) mass is 540 g/mol. The van der Waals surface area contributed by atoms with E-state index in [0.717, 1.165) is 62.4 Å². The molecule has 1 N–H and O–H groups in total. The molecule has 210 valence electrons. The summed E-state index contributed by atoms with van der Waals surface area (Å²) in [5.41, 5.74) is 2.01. The molecule has 1 aliphatic carbocycles. The second kappa shape index (κ2) is 11.3. The van der Waals surface area contributed by atoms with Gasteiger partial charge in [-0.1, -0.05) is 32.4 Å². The van der Waals surface area contributed by atoms with Crippen molar-refractivity contribution in [2.24, 2.45) is 11.3 Å². The topological polar surface area (TPSA) is 58.9 Å². The van der Waals surface area contributed by atoms with Crippen molar-refractivity contribution in [3.05, 3.63) is 71.1 Å². The van der Waals surface area contributed by atoms with Crippen molar-refractivity contribution in [1.29, 1.82) is 0 Å². The van der Waals surface area contributed by atoms with Crippen molar-refractivity contribution < 1.29 is 13.2 Å². The summed E-state index contributed by atoms with van der Waals surface area (Å²) in [6.45, 7) is 9.56. The van der Waals surface area contributed by atoms with Gasteiger partial charge in [0, 0.05) is 37.4 Å². The molecular weight excluding hydrogens is 501 g/mol. The maximum atomic E-state index is 14.1. The van der Waals surface area contributed by atoms with Gasteiger partial charge in [0.2, 0.25) is 0 Å². The first kappa shape index (κ1) is 27.6. The second-order valence-corrected chi connectivity index (χ2v) is 11.9. The van der Waals surface area contributed by atoms with Gasteiger partial charge >= 0.3 is 6.18 Å². The lowest BCUT2D eigenvalue weighted by atomic mass is 9.72. The summed E-state index contributed by atoms with van der Waals surface area (Å²) < 4.78 is 44.4. The van der Waals surface area contributed by atoms with Crippen LogP contribution in [-0.4, -0.2) is 37.7 Å². The Morgan fingerprint density at radius 2 is 1.97 bits per heavy atom. The van der Waals surface area contributed by atoms with E-state index in [1.807, 2.05) is 18.2 Å². The summed E-state index contributed by atoms with van der Waals surface area (Å²) in [7, 11) is 0. The molecule has 0 bridgehead atoms. The van der Waals surface area contributed by atoms with Gasteiger partial charge in [0.15, 0.2) is 0 Å². The minimum absolute atomic E-state index is 0.00540. The van der Waals surface area contributed by atoms with Crippen LogP contribution in [0.1, 0.15) is 87.0 Å². The predicted octanol–water partition coefficient (Wildman–Crippen LogP) is 6.88. The number of hydrogen-bond donors (Lipinski definition) is 1. The van der Waals surface area contributed by atoms with Gasteiger partial charge in [-0.3, -0.25) is 9.88 Å². The second-order valence-electron chi connectivity index (χ2n) is 11.9. The number of piperidine rings is 1. The molecule has 0 spiro atoms. The minimum atomic E-state index is -4.47. The van der Waals surface area contributed by atoms with E-state index in [0.29, 0.717) is 18.0 Å². The number of anilines is 1. The van der Waals surface area contributed by atoms with Crippen molar-refractivity contribution in [2.45, 2.75) is 84.6 Å². The number of aromatic nitrogens is 4. The number of nitrogens with zero attached hydrogens (tertiary/aromatic N) is 5. The van der Waals surface area contributed by atoms with Crippen LogP contribution in [0.15, 0.2) is 42.9 Å². The first-order valence-corrected chi connectivity index (χ1v) is 14.1. The summed E-state index contributed by atoms with van der Waals surface area (Å²) in [5, 5.41) is 11.8. The van der Waals surface area contributed by atoms with Crippen molar-refractivity contribution in [2.75, 3.05) is 18.4 Å². The van der Waals surface area contributed by atoms with Crippen LogP contribution >= 0.6 is 0 Å². The molecule has 1 saturated carbocycles. The van der Waals surface area contributed by atoms with Crippen molar-refractivity contribution in [3.63, 3.8) is 0 Å². The number of halogens is 3. The molecule has 1 saturated heterocycles. The Hall–Kier alpha value is -2.94. The number of pyridine rings is 1. The molecule has 2 aromatic heterocycles. The number of alkyl halides is 3. The standard InChI is InChI=1S/C30H39F3N6/c1-4-39-20-36-37-28(39)27(22-8-5-9-22)23-10-6-11-24(15-23)34-17-26-25(30(31,32)33)14-21(16-35-26)18-38-13-7-12-29(2,3)19-38/h6,10-11,14-16,20,22,27,34H,4-5,7-9,12-13,17-19H2,1-3H3. The van der Waals surface area contributed by atoms with Crippen LogP contribution < -0.4 is 5.32 Å². The molecule has 3 heterocycles. The Morgan fingerprint density at radius 3 is 2.67 bits per heavy atom. The molecule has 9 heteroatoms. The highest BCUT2D eigenvalue weighted by molar-refractivity contribution is 5.48. The van der Waals surface area contributed by atoms with Gasteiger partial charge in [-0.25, -0.2) is 0 Å². The third kappa shape index (κ3) is 6.45. The molecule has 6 nitrogen and oxygen atoms in total. The largest absolute Gasteiger partial charge is 0.418 e.